The van der Waals surface area contributed by atoms with Crippen LogP contribution in [0.1, 0.15) is 22.6 Å². The maximum atomic E-state index is 6.06. The van der Waals surface area contributed by atoms with Gasteiger partial charge in [0.2, 0.25) is 0 Å². The van der Waals surface area contributed by atoms with E-state index in [0.29, 0.717) is 11.6 Å². The first-order valence-corrected chi connectivity index (χ1v) is 6.47. The quantitative estimate of drug-likeness (QED) is 0.780. The summed E-state index contributed by atoms with van der Waals surface area (Å²) in [5.41, 5.74) is 3.05. The zero-order valence-corrected chi connectivity index (χ0v) is 12.0. The van der Waals surface area contributed by atoms with E-state index >= 15 is 0 Å². The van der Waals surface area contributed by atoms with Crippen LogP contribution in [0.4, 0.5) is 0 Å². The van der Waals surface area contributed by atoms with Crippen molar-refractivity contribution in [3.05, 3.63) is 56.5 Å². The summed E-state index contributed by atoms with van der Waals surface area (Å²) in [5.74, 6) is 0.760. The van der Waals surface area contributed by atoms with Gasteiger partial charge in [-0.25, -0.2) is 9.97 Å². The van der Waals surface area contributed by atoms with Crippen molar-refractivity contribution >= 4 is 27.5 Å². The molecule has 0 radical (unpaired) electrons. The van der Waals surface area contributed by atoms with Gasteiger partial charge in [0.15, 0.2) is 0 Å². The van der Waals surface area contributed by atoms with Gasteiger partial charge in [-0.05, 0) is 31.5 Å². The minimum atomic E-state index is 0.544. The summed E-state index contributed by atoms with van der Waals surface area (Å²) in [5, 5.41) is 0.544. The van der Waals surface area contributed by atoms with Gasteiger partial charge >= 0.3 is 0 Å². The molecule has 0 amide bonds. The number of aryl methyl sites for hydroxylation is 1. The average Bonchev–Trinajstić information content (AvgIpc) is 2.26. The highest BCUT2D eigenvalue weighted by molar-refractivity contribution is 9.10. The van der Waals surface area contributed by atoms with Crippen molar-refractivity contribution in [1.29, 1.82) is 0 Å². The van der Waals surface area contributed by atoms with Crippen LogP contribution in [0.25, 0.3) is 0 Å². The van der Waals surface area contributed by atoms with Crippen LogP contribution in [0, 0.1) is 13.8 Å². The third-order valence-corrected chi connectivity index (χ3v) is 3.49. The molecular weight excluding hydrogens is 300 g/mol. The molecule has 2 aromatic rings. The van der Waals surface area contributed by atoms with Gasteiger partial charge in [0.05, 0.1) is 0 Å². The van der Waals surface area contributed by atoms with Crippen LogP contribution in [-0.4, -0.2) is 9.97 Å². The Morgan fingerprint density at radius 1 is 1.24 bits per heavy atom. The molecule has 0 aliphatic heterocycles. The molecule has 0 saturated heterocycles. The van der Waals surface area contributed by atoms with E-state index in [4.69, 9.17) is 11.6 Å². The highest BCUT2D eigenvalue weighted by Crippen LogP contribution is 2.18. The number of aromatic nitrogens is 2. The molecule has 0 aliphatic rings. The molecule has 0 spiro atoms. The third kappa shape index (κ3) is 3.05. The van der Waals surface area contributed by atoms with Gasteiger partial charge in [-0.1, -0.05) is 39.7 Å². The number of hydrogen-bond acceptors (Lipinski definition) is 2. The lowest BCUT2D eigenvalue weighted by Crippen LogP contribution is -2.01. The molecule has 4 heteroatoms. The number of hydrogen-bond donors (Lipinski definition) is 0. The standard InChI is InChI=1S/C13H12BrClN2/c1-8-9(2)16-12(17-13(8)15)7-10-4-3-5-11(14)6-10/h3-6H,7H2,1-2H3. The van der Waals surface area contributed by atoms with Crippen LogP contribution >= 0.6 is 27.5 Å². The smallest absolute Gasteiger partial charge is 0.135 e. The first kappa shape index (κ1) is 12.5. The van der Waals surface area contributed by atoms with E-state index in [1.165, 1.54) is 5.56 Å². The molecule has 0 unspecified atom stereocenters. The molecule has 0 fully saturated rings. The molecule has 0 N–H and O–H groups in total. The number of nitrogens with zero attached hydrogens (tertiary/aromatic N) is 2. The van der Waals surface area contributed by atoms with Crippen molar-refractivity contribution in [2.24, 2.45) is 0 Å². The molecule has 1 aromatic carbocycles. The van der Waals surface area contributed by atoms with Crippen molar-refractivity contribution < 1.29 is 0 Å². The summed E-state index contributed by atoms with van der Waals surface area (Å²) >= 11 is 9.51. The topological polar surface area (TPSA) is 25.8 Å². The van der Waals surface area contributed by atoms with Crippen LogP contribution < -0.4 is 0 Å². The maximum Gasteiger partial charge on any atom is 0.135 e. The summed E-state index contributed by atoms with van der Waals surface area (Å²) < 4.78 is 1.06. The Morgan fingerprint density at radius 2 is 2.00 bits per heavy atom. The van der Waals surface area contributed by atoms with E-state index in [9.17, 15) is 0 Å². The molecule has 88 valence electrons. The highest BCUT2D eigenvalue weighted by Gasteiger charge is 2.06. The molecule has 1 heterocycles. The minimum absolute atomic E-state index is 0.544. The summed E-state index contributed by atoms with van der Waals surface area (Å²) in [6.45, 7) is 3.88. The van der Waals surface area contributed by atoms with Gasteiger partial charge in [-0.15, -0.1) is 0 Å². The largest absolute Gasteiger partial charge is 0.238 e. The van der Waals surface area contributed by atoms with Gasteiger partial charge in [0.25, 0.3) is 0 Å². The van der Waals surface area contributed by atoms with E-state index in [0.717, 1.165) is 21.6 Å². The van der Waals surface area contributed by atoms with E-state index in [2.05, 4.69) is 38.0 Å². The fourth-order valence-corrected chi connectivity index (χ4v) is 2.24. The van der Waals surface area contributed by atoms with E-state index in [-0.39, 0.29) is 0 Å². The van der Waals surface area contributed by atoms with Crippen molar-refractivity contribution in [2.45, 2.75) is 20.3 Å². The summed E-state index contributed by atoms with van der Waals surface area (Å²) in [4.78, 5) is 8.75. The molecule has 17 heavy (non-hydrogen) atoms. The van der Waals surface area contributed by atoms with Crippen LogP contribution in [0.3, 0.4) is 0 Å². The monoisotopic (exact) mass is 310 g/mol. The zero-order chi connectivity index (χ0) is 12.4. The van der Waals surface area contributed by atoms with Crippen LogP contribution in [0.2, 0.25) is 5.15 Å². The fourth-order valence-electron chi connectivity index (χ4n) is 1.56. The normalized spacial score (nSPS) is 10.6. The molecule has 0 saturated carbocycles. The van der Waals surface area contributed by atoms with E-state index < -0.39 is 0 Å². The third-order valence-electron chi connectivity index (χ3n) is 2.63. The lowest BCUT2D eigenvalue weighted by molar-refractivity contribution is 0.927. The molecule has 0 bridgehead atoms. The second-order valence-corrected chi connectivity index (χ2v) is 5.22. The summed E-state index contributed by atoms with van der Waals surface area (Å²) in [6, 6.07) is 8.11. The van der Waals surface area contributed by atoms with Crippen molar-refractivity contribution in [2.75, 3.05) is 0 Å². The Kier molecular flexibility index (Phi) is 3.79. The lowest BCUT2D eigenvalue weighted by Gasteiger charge is -2.06. The lowest BCUT2D eigenvalue weighted by atomic mass is 10.1. The highest BCUT2D eigenvalue weighted by atomic mass is 79.9. The van der Waals surface area contributed by atoms with E-state index in [1.54, 1.807) is 0 Å². The Balaban J connectivity index is 2.31. The van der Waals surface area contributed by atoms with Crippen LogP contribution in [0.5, 0.6) is 0 Å². The van der Waals surface area contributed by atoms with E-state index in [1.807, 2.05) is 26.0 Å². The van der Waals surface area contributed by atoms with Gasteiger partial charge < -0.3 is 0 Å². The second-order valence-electron chi connectivity index (χ2n) is 3.95. The van der Waals surface area contributed by atoms with Crippen LogP contribution in [0.15, 0.2) is 28.7 Å². The molecule has 2 nitrogen and oxygen atoms in total. The fraction of sp³-hybridized carbons (Fsp3) is 0.231. The summed E-state index contributed by atoms with van der Waals surface area (Å²) in [6.07, 6.45) is 0.695. The van der Waals surface area contributed by atoms with Gasteiger partial charge in [0, 0.05) is 22.2 Å². The number of halogens is 2. The zero-order valence-electron chi connectivity index (χ0n) is 9.67. The van der Waals surface area contributed by atoms with Gasteiger partial charge in [0.1, 0.15) is 11.0 Å². The molecule has 1 aromatic heterocycles. The average molecular weight is 312 g/mol. The molecular formula is C13H12BrClN2. The van der Waals surface area contributed by atoms with Gasteiger partial charge in [-0.3, -0.25) is 0 Å². The van der Waals surface area contributed by atoms with Gasteiger partial charge in [-0.2, -0.15) is 0 Å². The number of rotatable bonds is 2. The van der Waals surface area contributed by atoms with Crippen molar-refractivity contribution in [1.82, 2.24) is 9.97 Å². The van der Waals surface area contributed by atoms with Crippen molar-refractivity contribution in [3.8, 4) is 0 Å². The first-order valence-electron chi connectivity index (χ1n) is 5.30. The van der Waals surface area contributed by atoms with Crippen molar-refractivity contribution in [3.63, 3.8) is 0 Å². The minimum Gasteiger partial charge on any atom is -0.238 e. The molecule has 2 rings (SSSR count). The Hall–Kier alpha value is -0.930. The predicted octanol–water partition coefficient (Wildman–Crippen LogP) is 4.10. The number of benzene rings is 1. The second kappa shape index (κ2) is 5.15. The Labute approximate surface area is 114 Å². The predicted molar refractivity (Wildman–Crippen MR) is 73.5 cm³/mol. The Morgan fingerprint density at radius 3 is 2.65 bits per heavy atom. The Bertz CT molecular complexity index is 532. The first-order chi connectivity index (χ1) is 8.06. The van der Waals surface area contributed by atoms with Crippen LogP contribution in [-0.2, 0) is 6.42 Å². The molecule has 0 atom stereocenters. The molecule has 0 aliphatic carbocycles. The summed E-state index contributed by atoms with van der Waals surface area (Å²) in [7, 11) is 0. The SMILES string of the molecule is Cc1nc(Cc2cccc(Br)c2)nc(Cl)c1C. The maximum absolute atomic E-state index is 6.06.